The lowest BCUT2D eigenvalue weighted by atomic mass is 10.0. The number of nitrogens with two attached hydrogens (primary N) is 1. The predicted octanol–water partition coefficient (Wildman–Crippen LogP) is 2.61. The summed E-state index contributed by atoms with van der Waals surface area (Å²) < 4.78 is 23.5. The predicted molar refractivity (Wildman–Crippen MR) is 94.1 cm³/mol. The molecule has 0 aliphatic heterocycles. The van der Waals surface area contributed by atoms with Crippen LogP contribution in [0.2, 0.25) is 0 Å². The van der Waals surface area contributed by atoms with Gasteiger partial charge >= 0.3 is 0 Å². The van der Waals surface area contributed by atoms with Crippen LogP contribution < -0.4 is 5.14 Å². The number of rotatable bonds is 5. The first-order valence-electron chi connectivity index (χ1n) is 7.71. The van der Waals surface area contributed by atoms with Gasteiger partial charge in [-0.3, -0.25) is 4.79 Å². The van der Waals surface area contributed by atoms with Crippen LogP contribution in [-0.4, -0.2) is 25.8 Å². The average Bonchev–Trinajstić information content (AvgIpc) is 2.54. The second kappa shape index (κ2) is 7.15. The molecular weight excluding hydrogens is 324 g/mol. The lowest BCUT2D eigenvalue weighted by Gasteiger charge is -2.22. The van der Waals surface area contributed by atoms with Gasteiger partial charge in [0.05, 0.1) is 4.90 Å². The van der Waals surface area contributed by atoms with E-state index in [1.54, 1.807) is 24.8 Å². The molecule has 5 nitrogen and oxygen atoms in total. The van der Waals surface area contributed by atoms with Crippen molar-refractivity contribution in [1.29, 1.82) is 0 Å². The van der Waals surface area contributed by atoms with Crippen molar-refractivity contribution in [3.8, 4) is 0 Å². The molecule has 0 heterocycles. The SMILES string of the molecule is CCN(Cc1ccccc1)C(=O)c1cc(C)c(C)c(S(N)(=O)=O)c1. The van der Waals surface area contributed by atoms with Crippen LogP contribution >= 0.6 is 0 Å². The summed E-state index contributed by atoms with van der Waals surface area (Å²) in [5, 5.41) is 5.28. The Bertz CT molecular complexity index is 846. The highest BCUT2D eigenvalue weighted by molar-refractivity contribution is 7.89. The first-order chi connectivity index (χ1) is 11.2. The Kier molecular flexibility index (Phi) is 5.41. The summed E-state index contributed by atoms with van der Waals surface area (Å²) in [7, 11) is -3.87. The summed E-state index contributed by atoms with van der Waals surface area (Å²) in [4.78, 5) is 14.5. The third kappa shape index (κ3) is 4.01. The van der Waals surface area contributed by atoms with Gasteiger partial charge in [-0.2, -0.15) is 0 Å². The zero-order valence-corrected chi connectivity index (χ0v) is 14.9. The number of benzene rings is 2. The number of hydrogen-bond acceptors (Lipinski definition) is 3. The second-order valence-electron chi connectivity index (χ2n) is 5.77. The van der Waals surface area contributed by atoms with Crippen LogP contribution in [0.3, 0.4) is 0 Å². The van der Waals surface area contributed by atoms with Crippen LogP contribution in [0, 0.1) is 13.8 Å². The lowest BCUT2D eigenvalue weighted by Crippen LogP contribution is -2.30. The van der Waals surface area contributed by atoms with E-state index in [1.165, 1.54) is 6.07 Å². The number of sulfonamides is 1. The highest BCUT2D eigenvalue weighted by Crippen LogP contribution is 2.21. The Morgan fingerprint density at radius 1 is 1.12 bits per heavy atom. The Morgan fingerprint density at radius 3 is 2.29 bits per heavy atom. The molecule has 0 saturated heterocycles. The van der Waals surface area contributed by atoms with Gasteiger partial charge in [0.15, 0.2) is 0 Å². The van der Waals surface area contributed by atoms with Crippen molar-refractivity contribution >= 4 is 15.9 Å². The molecule has 2 N–H and O–H groups in total. The van der Waals surface area contributed by atoms with Gasteiger partial charge in [0, 0.05) is 18.7 Å². The fraction of sp³-hybridized carbons (Fsp3) is 0.278. The van der Waals surface area contributed by atoms with E-state index in [4.69, 9.17) is 5.14 Å². The first kappa shape index (κ1) is 18.2. The van der Waals surface area contributed by atoms with Crippen LogP contribution in [-0.2, 0) is 16.6 Å². The zero-order valence-electron chi connectivity index (χ0n) is 14.1. The fourth-order valence-electron chi connectivity index (χ4n) is 2.56. The molecule has 0 atom stereocenters. The fourth-order valence-corrected chi connectivity index (χ4v) is 3.44. The molecule has 0 aliphatic rings. The minimum absolute atomic E-state index is 0.00149. The molecule has 6 heteroatoms. The third-order valence-corrected chi connectivity index (χ3v) is 5.10. The number of carbonyl (C=O) groups is 1. The van der Waals surface area contributed by atoms with Gasteiger partial charge in [-0.25, -0.2) is 13.6 Å². The molecule has 2 rings (SSSR count). The third-order valence-electron chi connectivity index (χ3n) is 4.06. The normalized spacial score (nSPS) is 11.3. The summed E-state index contributed by atoms with van der Waals surface area (Å²) >= 11 is 0. The van der Waals surface area contributed by atoms with Gasteiger partial charge in [0.1, 0.15) is 0 Å². The Morgan fingerprint density at radius 2 is 1.75 bits per heavy atom. The van der Waals surface area contributed by atoms with Crippen molar-refractivity contribution in [1.82, 2.24) is 4.90 Å². The van der Waals surface area contributed by atoms with Crippen LogP contribution in [0.15, 0.2) is 47.4 Å². The van der Waals surface area contributed by atoms with Crippen molar-refractivity contribution in [2.75, 3.05) is 6.54 Å². The standard InChI is InChI=1S/C18H22N2O3S/c1-4-20(12-15-8-6-5-7-9-15)18(21)16-10-13(2)14(3)17(11-16)24(19,22)23/h5-11H,4,12H2,1-3H3,(H2,19,22,23). The van der Waals surface area contributed by atoms with Gasteiger partial charge in [-0.15, -0.1) is 0 Å². The molecule has 1 amide bonds. The van der Waals surface area contributed by atoms with Crippen molar-refractivity contribution in [3.05, 3.63) is 64.7 Å². The quantitative estimate of drug-likeness (QED) is 0.903. The van der Waals surface area contributed by atoms with Crippen LogP contribution in [0.25, 0.3) is 0 Å². The monoisotopic (exact) mass is 346 g/mol. The van der Waals surface area contributed by atoms with Gasteiger partial charge in [0.2, 0.25) is 10.0 Å². The van der Waals surface area contributed by atoms with Crippen molar-refractivity contribution in [2.45, 2.75) is 32.2 Å². The number of nitrogens with zero attached hydrogens (tertiary/aromatic N) is 1. The highest BCUT2D eigenvalue weighted by atomic mass is 32.2. The van der Waals surface area contributed by atoms with Gasteiger partial charge < -0.3 is 4.90 Å². The van der Waals surface area contributed by atoms with E-state index >= 15 is 0 Å². The maximum absolute atomic E-state index is 12.8. The summed E-state index contributed by atoms with van der Waals surface area (Å²) in [6.45, 7) is 6.33. The van der Waals surface area contributed by atoms with Crippen LogP contribution in [0.4, 0.5) is 0 Å². The maximum atomic E-state index is 12.8. The molecule has 0 saturated carbocycles. The molecule has 0 aliphatic carbocycles. The minimum atomic E-state index is -3.87. The molecule has 0 spiro atoms. The molecule has 0 bridgehead atoms. The topological polar surface area (TPSA) is 80.5 Å². The molecule has 0 unspecified atom stereocenters. The molecule has 0 aromatic heterocycles. The number of carbonyl (C=O) groups excluding carboxylic acids is 1. The molecule has 128 valence electrons. The van der Waals surface area contributed by atoms with E-state index in [2.05, 4.69) is 0 Å². The Labute approximate surface area is 143 Å². The molecule has 24 heavy (non-hydrogen) atoms. The lowest BCUT2D eigenvalue weighted by molar-refractivity contribution is 0.0752. The summed E-state index contributed by atoms with van der Waals surface area (Å²) in [5.74, 6) is -0.214. The largest absolute Gasteiger partial charge is 0.335 e. The van der Waals surface area contributed by atoms with Crippen molar-refractivity contribution in [3.63, 3.8) is 0 Å². The van der Waals surface area contributed by atoms with Crippen molar-refractivity contribution in [2.24, 2.45) is 5.14 Å². The van der Waals surface area contributed by atoms with E-state index < -0.39 is 10.0 Å². The number of primary sulfonamides is 1. The summed E-state index contributed by atoms with van der Waals surface area (Å²) in [5.41, 5.74) is 2.64. The van der Waals surface area contributed by atoms with E-state index in [0.29, 0.717) is 24.2 Å². The first-order valence-corrected chi connectivity index (χ1v) is 9.26. The minimum Gasteiger partial charge on any atom is -0.335 e. The van der Waals surface area contributed by atoms with Gasteiger partial charge in [0.25, 0.3) is 5.91 Å². The Balaban J connectivity index is 2.39. The van der Waals surface area contributed by atoms with Gasteiger partial charge in [-0.1, -0.05) is 30.3 Å². The average molecular weight is 346 g/mol. The smallest absolute Gasteiger partial charge is 0.254 e. The van der Waals surface area contributed by atoms with Crippen LogP contribution in [0.5, 0.6) is 0 Å². The van der Waals surface area contributed by atoms with Crippen molar-refractivity contribution < 1.29 is 13.2 Å². The van der Waals surface area contributed by atoms with E-state index in [-0.39, 0.29) is 10.8 Å². The second-order valence-corrected chi connectivity index (χ2v) is 7.30. The highest BCUT2D eigenvalue weighted by Gasteiger charge is 2.20. The Hall–Kier alpha value is -2.18. The number of hydrogen-bond donors (Lipinski definition) is 1. The molecule has 2 aromatic carbocycles. The summed E-state index contributed by atoms with van der Waals surface area (Å²) in [6.07, 6.45) is 0. The molecule has 0 radical (unpaired) electrons. The molecule has 2 aromatic rings. The van der Waals surface area contributed by atoms with Crippen LogP contribution in [0.1, 0.15) is 34.0 Å². The number of aryl methyl sites for hydroxylation is 1. The van der Waals surface area contributed by atoms with Gasteiger partial charge in [-0.05, 0) is 49.6 Å². The van der Waals surface area contributed by atoms with E-state index in [9.17, 15) is 13.2 Å². The molecule has 0 fully saturated rings. The van der Waals surface area contributed by atoms with E-state index in [0.717, 1.165) is 11.1 Å². The maximum Gasteiger partial charge on any atom is 0.254 e. The zero-order chi connectivity index (χ0) is 17.9. The molecular formula is C18H22N2O3S. The van der Waals surface area contributed by atoms with E-state index in [1.807, 2.05) is 37.3 Å². The number of amides is 1. The summed E-state index contributed by atoms with van der Waals surface area (Å²) in [6, 6.07) is 12.7.